The van der Waals surface area contributed by atoms with Gasteiger partial charge in [-0.05, 0) is 19.4 Å². The molecule has 1 saturated heterocycles. The first-order valence-corrected chi connectivity index (χ1v) is 21.4. The van der Waals surface area contributed by atoms with E-state index in [-0.39, 0.29) is 6.61 Å². The van der Waals surface area contributed by atoms with E-state index in [4.69, 9.17) is 9.47 Å². The third kappa shape index (κ3) is 23.3. The maximum Gasteiger partial charge on any atom is 0.186 e. The zero-order chi connectivity index (χ0) is 36.7. The van der Waals surface area contributed by atoms with Gasteiger partial charge in [-0.25, -0.2) is 0 Å². The highest BCUT2D eigenvalue weighted by atomic mass is 16.7. The predicted octanol–water partition coefficient (Wildman–Crippen LogP) is 7.45. The maximum absolute atomic E-state index is 11.1. The minimum atomic E-state index is -1.53. The fourth-order valence-electron chi connectivity index (χ4n) is 7.10. The van der Waals surface area contributed by atoms with E-state index < -0.39 is 55.6 Å². The van der Waals surface area contributed by atoms with Crippen LogP contribution in [-0.4, -0.2) is 99.4 Å². The Bertz CT molecular complexity index is 716. The Kier molecular flexibility index (Phi) is 31.7. The third-order valence-corrected chi connectivity index (χ3v) is 10.6. The van der Waals surface area contributed by atoms with Crippen LogP contribution in [0.3, 0.4) is 0 Å². The summed E-state index contributed by atoms with van der Waals surface area (Å²) in [5.74, 6) is 0. The molecular weight excluding hydrogens is 634 g/mol. The molecule has 50 heavy (non-hydrogen) atoms. The number of hydrogen-bond donors (Lipinski definition) is 7. The molecule has 0 aliphatic carbocycles. The number of aliphatic hydroxyl groups excluding tert-OH is 6. The Hall–Kier alpha value is -0.360. The van der Waals surface area contributed by atoms with Crippen molar-refractivity contribution in [2.24, 2.45) is 0 Å². The second-order valence-electron chi connectivity index (χ2n) is 15.3. The Morgan fingerprint density at radius 3 is 1.36 bits per heavy atom. The minimum absolute atomic E-state index is 0.0713. The summed E-state index contributed by atoms with van der Waals surface area (Å²) in [5, 5.41) is 65.6. The largest absolute Gasteiger partial charge is 0.394 e. The smallest absolute Gasteiger partial charge is 0.186 e. The van der Waals surface area contributed by atoms with Crippen LogP contribution in [0.2, 0.25) is 0 Å². The molecule has 5 unspecified atom stereocenters. The molecular formula is C41H83NO8. The van der Waals surface area contributed by atoms with Crippen molar-refractivity contribution in [1.82, 2.24) is 5.32 Å². The summed E-state index contributed by atoms with van der Waals surface area (Å²) in [4.78, 5) is 0. The lowest BCUT2D eigenvalue weighted by Crippen LogP contribution is -2.60. The molecule has 1 rings (SSSR count). The molecule has 300 valence electrons. The SMILES string of the molecule is CCCCCCCCCCCCCCCCCN[C@@H](COC1OC(CO)C(O)C(O)C1O)[C@H](O)[C@H](O)CCCCCCCCCCCCCC. The van der Waals surface area contributed by atoms with Crippen LogP contribution in [0.4, 0.5) is 0 Å². The summed E-state index contributed by atoms with van der Waals surface area (Å²) < 4.78 is 11.3. The van der Waals surface area contributed by atoms with Crippen molar-refractivity contribution in [2.45, 2.75) is 243 Å². The lowest BCUT2D eigenvalue weighted by molar-refractivity contribution is -0.303. The first kappa shape index (κ1) is 47.7. The first-order valence-electron chi connectivity index (χ1n) is 21.4. The molecule has 8 atom stereocenters. The Morgan fingerprint density at radius 2 is 0.940 bits per heavy atom. The fourth-order valence-corrected chi connectivity index (χ4v) is 7.10. The predicted molar refractivity (Wildman–Crippen MR) is 204 cm³/mol. The van der Waals surface area contributed by atoms with Crippen LogP contribution < -0.4 is 5.32 Å². The van der Waals surface area contributed by atoms with Gasteiger partial charge in [0.25, 0.3) is 0 Å². The molecule has 0 radical (unpaired) electrons. The maximum atomic E-state index is 11.1. The van der Waals surface area contributed by atoms with Gasteiger partial charge >= 0.3 is 0 Å². The van der Waals surface area contributed by atoms with Crippen LogP contribution in [-0.2, 0) is 9.47 Å². The van der Waals surface area contributed by atoms with E-state index in [9.17, 15) is 30.6 Å². The van der Waals surface area contributed by atoms with Crippen molar-refractivity contribution >= 4 is 0 Å². The average molecular weight is 718 g/mol. The molecule has 0 saturated carbocycles. The van der Waals surface area contributed by atoms with E-state index in [1.807, 2.05) is 0 Å². The third-order valence-electron chi connectivity index (χ3n) is 10.6. The minimum Gasteiger partial charge on any atom is -0.394 e. The zero-order valence-corrected chi connectivity index (χ0v) is 32.5. The molecule has 0 aromatic rings. The molecule has 0 bridgehead atoms. The van der Waals surface area contributed by atoms with Gasteiger partial charge < -0.3 is 45.4 Å². The number of nitrogens with one attached hydrogen (secondary N) is 1. The van der Waals surface area contributed by atoms with Crippen LogP contribution >= 0.6 is 0 Å². The summed E-state index contributed by atoms with van der Waals surface area (Å²) >= 11 is 0. The average Bonchev–Trinajstić information content (AvgIpc) is 3.12. The zero-order valence-electron chi connectivity index (χ0n) is 32.5. The van der Waals surface area contributed by atoms with Crippen LogP contribution in [0.15, 0.2) is 0 Å². The Balaban J connectivity index is 2.36. The van der Waals surface area contributed by atoms with E-state index in [1.165, 1.54) is 141 Å². The summed E-state index contributed by atoms with van der Waals surface area (Å²) in [5.41, 5.74) is 0. The van der Waals surface area contributed by atoms with Gasteiger partial charge in [0.05, 0.1) is 31.5 Å². The molecule has 0 amide bonds. The van der Waals surface area contributed by atoms with Gasteiger partial charge in [0.1, 0.15) is 24.4 Å². The Labute approximate surface area is 307 Å². The first-order chi connectivity index (χ1) is 24.4. The van der Waals surface area contributed by atoms with Crippen molar-refractivity contribution in [3.05, 3.63) is 0 Å². The van der Waals surface area contributed by atoms with Crippen LogP contribution in [0.25, 0.3) is 0 Å². The number of unbranched alkanes of at least 4 members (excludes halogenated alkanes) is 25. The van der Waals surface area contributed by atoms with Crippen LogP contribution in [0, 0.1) is 0 Å². The number of rotatable bonds is 36. The summed E-state index contributed by atoms with van der Waals surface area (Å²) in [6.45, 7) is 4.56. The van der Waals surface area contributed by atoms with Crippen LogP contribution in [0.1, 0.15) is 194 Å². The summed E-state index contributed by atoms with van der Waals surface area (Å²) in [6, 6.07) is -0.610. The van der Waals surface area contributed by atoms with Crippen molar-refractivity contribution in [2.75, 3.05) is 19.8 Å². The molecule has 0 aromatic heterocycles. The van der Waals surface area contributed by atoms with Crippen molar-refractivity contribution < 1.29 is 40.1 Å². The fraction of sp³-hybridized carbons (Fsp3) is 1.00. The van der Waals surface area contributed by atoms with Gasteiger partial charge in [0.2, 0.25) is 0 Å². The van der Waals surface area contributed by atoms with Crippen molar-refractivity contribution in [3.63, 3.8) is 0 Å². The normalized spacial score (nSPS) is 22.9. The van der Waals surface area contributed by atoms with Crippen LogP contribution in [0.5, 0.6) is 0 Å². The van der Waals surface area contributed by atoms with E-state index in [0.717, 1.165) is 32.1 Å². The molecule has 1 aliphatic rings. The number of aliphatic hydroxyl groups is 6. The van der Waals surface area contributed by atoms with Gasteiger partial charge in [0.15, 0.2) is 6.29 Å². The molecule has 9 heteroatoms. The molecule has 9 nitrogen and oxygen atoms in total. The molecule has 1 aliphatic heterocycles. The van der Waals surface area contributed by atoms with E-state index >= 15 is 0 Å². The summed E-state index contributed by atoms with van der Waals surface area (Å²) in [6.07, 6.45) is 25.8. The molecule has 0 spiro atoms. The van der Waals surface area contributed by atoms with Gasteiger partial charge in [-0.1, -0.05) is 181 Å². The molecule has 1 fully saturated rings. The van der Waals surface area contributed by atoms with Gasteiger partial charge in [0, 0.05) is 0 Å². The Morgan fingerprint density at radius 1 is 0.540 bits per heavy atom. The van der Waals surface area contributed by atoms with Gasteiger partial charge in [-0.15, -0.1) is 0 Å². The van der Waals surface area contributed by atoms with Crippen molar-refractivity contribution in [1.29, 1.82) is 0 Å². The number of hydrogen-bond acceptors (Lipinski definition) is 9. The van der Waals surface area contributed by atoms with E-state index in [2.05, 4.69) is 19.2 Å². The van der Waals surface area contributed by atoms with Gasteiger partial charge in [-0.3, -0.25) is 0 Å². The lowest BCUT2D eigenvalue weighted by atomic mass is 9.98. The highest BCUT2D eigenvalue weighted by Crippen LogP contribution is 2.23. The quantitative estimate of drug-likeness (QED) is 0.0328. The standard InChI is InChI=1S/C41H83NO8/c1-3-5-7-9-11-13-15-17-18-19-21-23-25-27-29-31-42-34(33-49-41-40(48)39(47)38(46)36(32-43)50-41)37(45)35(44)30-28-26-24-22-20-16-14-12-10-8-6-4-2/h34-48H,3-33H2,1-2H3/t34-,35+,36?,37-,38?,39?,40?,41?/m0/s1. The topological polar surface area (TPSA) is 152 Å². The molecule has 1 heterocycles. The molecule has 0 aromatic carbocycles. The van der Waals surface area contributed by atoms with E-state index in [1.54, 1.807) is 0 Å². The van der Waals surface area contributed by atoms with Gasteiger partial charge in [-0.2, -0.15) is 0 Å². The number of ether oxygens (including phenoxy) is 2. The molecule has 7 N–H and O–H groups in total. The summed E-state index contributed by atoms with van der Waals surface area (Å²) in [7, 11) is 0. The monoisotopic (exact) mass is 718 g/mol. The van der Waals surface area contributed by atoms with Crippen molar-refractivity contribution in [3.8, 4) is 0 Å². The lowest BCUT2D eigenvalue weighted by Gasteiger charge is -2.40. The highest BCUT2D eigenvalue weighted by Gasteiger charge is 2.44. The van der Waals surface area contributed by atoms with E-state index in [0.29, 0.717) is 13.0 Å². The highest BCUT2D eigenvalue weighted by molar-refractivity contribution is 4.90. The second-order valence-corrected chi connectivity index (χ2v) is 15.3. The second kappa shape index (κ2) is 33.2.